The minimum Gasteiger partial charge on any atom is -0.398 e. The highest BCUT2D eigenvalue weighted by atomic mass is 32.2. The van der Waals surface area contributed by atoms with E-state index in [4.69, 9.17) is 5.73 Å². The fraction of sp³-hybridized carbons (Fsp3) is 0.357. The Labute approximate surface area is 125 Å². The van der Waals surface area contributed by atoms with Crippen LogP contribution >= 0.6 is 0 Å². The van der Waals surface area contributed by atoms with Crippen LogP contribution in [0.15, 0.2) is 23.4 Å². The lowest BCUT2D eigenvalue weighted by Gasteiger charge is -2.13. The number of imidazole rings is 1. The number of hydrogen-bond acceptors (Lipinski definition) is 4. The minimum atomic E-state index is -3.72. The molecule has 0 spiro atoms. The van der Waals surface area contributed by atoms with Crippen LogP contribution in [0.1, 0.15) is 23.9 Å². The van der Waals surface area contributed by atoms with Crippen LogP contribution in [0.5, 0.6) is 0 Å². The Bertz CT molecular complexity index is 779. The van der Waals surface area contributed by atoms with Gasteiger partial charge in [0.15, 0.2) is 5.03 Å². The van der Waals surface area contributed by atoms with Crippen LogP contribution < -0.4 is 10.5 Å². The van der Waals surface area contributed by atoms with E-state index in [1.165, 1.54) is 6.20 Å². The largest absolute Gasteiger partial charge is 0.398 e. The van der Waals surface area contributed by atoms with Crippen molar-refractivity contribution in [3.8, 4) is 0 Å². The van der Waals surface area contributed by atoms with Crippen molar-refractivity contribution in [1.82, 2.24) is 9.55 Å². The van der Waals surface area contributed by atoms with Gasteiger partial charge in [0.25, 0.3) is 10.0 Å². The minimum absolute atomic E-state index is 0.0167. The normalized spacial score (nSPS) is 11.6. The van der Waals surface area contributed by atoms with Gasteiger partial charge in [0.05, 0.1) is 5.69 Å². The van der Waals surface area contributed by atoms with Gasteiger partial charge in [-0.25, -0.2) is 4.98 Å². The van der Waals surface area contributed by atoms with Crippen molar-refractivity contribution in [2.24, 2.45) is 0 Å². The second-order valence-corrected chi connectivity index (χ2v) is 6.62. The molecule has 0 saturated heterocycles. The van der Waals surface area contributed by atoms with E-state index in [0.717, 1.165) is 5.56 Å². The Morgan fingerprint density at radius 3 is 2.52 bits per heavy atom. The summed E-state index contributed by atoms with van der Waals surface area (Å²) in [5.41, 5.74) is 8.43. The number of hydrogen-bond donors (Lipinski definition) is 2. The monoisotopic (exact) mass is 308 g/mol. The summed E-state index contributed by atoms with van der Waals surface area (Å²) in [5, 5.41) is 0.0167. The average Bonchev–Trinajstić information content (AvgIpc) is 2.81. The average molecular weight is 308 g/mol. The number of anilines is 2. The molecule has 3 N–H and O–H groups in total. The molecule has 6 nitrogen and oxygen atoms in total. The lowest BCUT2D eigenvalue weighted by atomic mass is 10.1. The molecule has 0 fully saturated rings. The van der Waals surface area contributed by atoms with Crippen LogP contribution in [-0.2, 0) is 16.6 Å². The molecule has 0 aliphatic heterocycles. The maximum absolute atomic E-state index is 12.5. The predicted octanol–water partition coefficient (Wildman–Crippen LogP) is 2.21. The van der Waals surface area contributed by atoms with Gasteiger partial charge in [-0.15, -0.1) is 0 Å². The molecule has 21 heavy (non-hydrogen) atoms. The summed E-state index contributed by atoms with van der Waals surface area (Å²) in [5.74, 6) is 0.666. The maximum Gasteiger partial charge on any atom is 0.280 e. The first-order valence-corrected chi connectivity index (χ1v) is 8.17. The first kappa shape index (κ1) is 15.4. The number of nitrogens with zero attached hydrogens (tertiary/aromatic N) is 2. The summed E-state index contributed by atoms with van der Waals surface area (Å²) in [6.07, 6.45) is 1.54. The molecule has 0 saturated carbocycles. The standard InChI is InChI=1S/C14H20N4O2S/c1-5-18-8-13(16-11(18)4)21(19,20)17-14-9(2)6-7-12(15)10(14)3/h6-8,17H,5,15H2,1-4H3. The molecule has 0 aliphatic rings. The Morgan fingerprint density at radius 2 is 1.95 bits per heavy atom. The van der Waals surface area contributed by atoms with Gasteiger partial charge in [-0.05, 0) is 44.9 Å². The van der Waals surface area contributed by atoms with Crippen molar-refractivity contribution in [2.75, 3.05) is 10.5 Å². The highest BCUT2D eigenvalue weighted by Gasteiger charge is 2.21. The first-order chi connectivity index (χ1) is 9.76. The van der Waals surface area contributed by atoms with E-state index in [2.05, 4.69) is 9.71 Å². The van der Waals surface area contributed by atoms with Crippen LogP contribution in [0.2, 0.25) is 0 Å². The molecular weight excluding hydrogens is 288 g/mol. The van der Waals surface area contributed by atoms with Gasteiger partial charge in [0.2, 0.25) is 0 Å². The fourth-order valence-corrected chi connectivity index (χ4v) is 3.34. The molecule has 0 aliphatic carbocycles. The number of aryl methyl sites for hydroxylation is 3. The quantitative estimate of drug-likeness (QED) is 0.847. The highest BCUT2D eigenvalue weighted by Crippen LogP contribution is 2.27. The van der Waals surface area contributed by atoms with Crippen molar-refractivity contribution in [3.63, 3.8) is 0 Å². The van der Waals surface area contributed by atoms with Gasteiger partial charge in [0.1, 0.15) is 5.82 Å². The molecule has 0 amide bonds. The van der Waals surface area contributed by atoms with E-state index in [0.29, 0.717) is 29.3 Å². The predicted molar refractivity (Wildman–Crippen MR) is 83.8 cm³/mol. The number of sulfonamides is 1. The van der Waals surface area contributed by atoms with Crippen molar-refractivity contribution in [3.05, 3.63) is 35.3 Å². The molecule has 0 unspecified atom stereocenters. The molecule has 2 aromatic rings. The second-order valence-electron chi connectivity index (χ2n) is 4.99. The molecule has 1 aromatic carbocycles. The van der Waals surface area contributed by atoms with Crippen molar-refractivity contribution < 1.29 is 8.42 Å². The number of aromatic nitrogens is 2. The molecule has 7 heteroatoms. The summed E-state index contributed by atoms with van der Waals surface area (Å²) in [4.78, 5) is 4.11. The Morgan fingerprint density at radius 1 is 1.29 bits per heavy atom. The van der Waals surface area contributed by atoms with Crippen LogP contribution in [-0.4, -0.2) is 18.0 Å². The van der Waals surface area contributed by atoms with Crippen molar-refractivity contribution in [1.29, 1.82) is 0 Å². The lowest BCUT2D eigenvalue weighted by Crippen LogP contribution is -2.15. The number of nitrogens with one attached hydrogen (secondary N) is 1. The summed E-state index contributed by atoms with van der Waals surface area (Å²) < 4.78 is 29.3. The van der Waals surface area contributed by atoms with Crippen molar-refractivity contribution in [2.45, 2.75) is 39.3 Å². The second kappa shape index (κ2) is 5.40. The Hall–Kier alpha value is -2.02. The molecular formula is C14H20N4O2S. The highest BCUT2D eigenvalue weighted by molar-refractivity contribution is 7.92. The van der Waals surface area contributed by atoms with Crippen LogP contribution in [0.4, 0.5) is 11.4 Å². The smallest absolute Gasteiger partial charge is 0.280 e. The van der Waals surface area contributed by atoms with Gasteiger partial charge >= 0.3 is 0 Å². The van der Waals surface area contributed by atoms with Crippen LogP contribution in [0, 0.1) is 20.8 Å². The van der Waals surface area contributed by atoms with E-state index in [1.54, 1.807) is 30.5 Å². The summed E-state index contributed by atoms with van der Waals surface area (Å²) >= 11 is 0. The molecule has 0 atom stereocenters. The number of benzene rings is 1. The third-order valence-electron chi connectivity index (χ3n) is 3.52. The van der Waals surface area contributed by atoms with Gasteiger partial charge in [-0.1, -0.05) is 6.07 Å². The van der Waals surface area contributed by atoms with E-state index in [1.807, 2.05) is 13.8 Å². The first-order valence-electron chi connectivity index (χ1n) is 6.68. The zero-order chi connectivity index (χ0) is 15.8. The SMILES string of the molecule is CCn1cc(S(=O)(=O)Nc2c(C)ccc(N)c2C)nc1C. The van der Waals surface area contributed by atoms with E-state index in [-0.39, 0.29) is 5.03 Å². The Balaban J connectivity index is 2.44. The van der Waals surface area contributed by atoms with Gasteiger partial charge in [-0.2, -0.15) is 8.42 Å². The molecule has 0 bridgehead atoms. The van der Waals surface area contributed by atoms with E-state index < -0.39 is 10.0 Å². The number of nitrogen functional groups attached to an aromatic ring is 1. The lowest BCUT2D eigenvalue weighted by molar-refractivity contribution is 0.598. The van der Waals surface area contributed by atoms with E-state index >= 15 is 0 Å². The number of rotatable bonds is 4. The van der Waals surface area contributed by atoms with Gasteiger partial charge < -0.3 is 10.3 Å². The Kier molecular flexibility index (Phi) is 3.95. The zero-order valence-electron chi connectivity index (χ0n) is 12.6. The third-order valence-corrected chi connectivity index (χ3v) is 4.74. The number of nitrogens with two attached hydrogens (primary N) is 1. The molecule has 1 aromatic heterocycles. The van der Waals surface area contributed by atoms with E-state index in [9.17, 15) is 8.42 Å². The van der Waals surface area contributed by atoms with Gasteiger partial charge in [-0.3, -0.25) is 4.72 Å². The van der Waals surface area contributed by atoms with Crippen LogP contribution in [0.25, 0.3) is 0 Å². The summed E-state index contributed by atoms with van der Waals surface area (Å²) in [7, 11) is -3.72. The summed E-state index contributed by atoms with van der Waals surface area (Å²) in [6.45, 7) is 8.01. The summed E-state index contributed by atoms with van der Waals surface area (Å²) in [6, 6.07) is 3.55. The fourth-order valence-electron chi connectivity index (χ4n) is 2.14. The third kappa shape index (κ3) is 2.87. The molecule has 2 rings (SSSR count). The molecule has 1 heterocycles. The topological polar surface area (TPSA) is 90.0 Å². The van der Waals surface area contributed by atoms with Gasteiger partial charge in [0, 0.05) is 18.4 Å². The van der Waals surface area contributed by atoms with Crippen molar-refractivity contribution >= 4 is 21.4 Å². The zero-order valence-corrected chi connectivity index (χ0v) is 13.5. The molecule has 114 valence electrons. The van der Waals surface area contributed by atoms with Crippen LogP contribution in [0.3, 0.4) is 0 Å². The maximum atomic E-state index is 12.5. The molecule has 0 radical (unpaired) electrons.